The van der Waals surface area contributed by atoms with E-state index in [0.717, 1.165) is 19.4 Å². The van der Waals surface area contributed by atoms with Gasteiger partial charge in [-0.1, -0.05) is 25.5 Å². The number of nitrogens with two attached hydrogens (primary N) is 1. The first-order valence-corrected chi connectivity index (χ1v) is 6.89. The molecule has 5 nitrogen and oxygen atoms in total. The van der Waals surface area contributed by atoms with Crippen LogP contribution in [0, 0.1) is 0 Å². The number of ether oxygens (including phenoxy) is 1. The molecule has 0 aliphatic heterocycles. The molecular formula is C15H22N2O3. The van der Waals surface area contributed by atoms with E-state index >= 15 is 0 Å². The van der Waals surface area contributed by atoms with Gasteiger partial charge in [0.15, 0.2) is 6.61 Å². The highest BCUT2D eigenvalue weighted by atomic mass is 16.5. The molecule has 0 aliphatic rings. The third kappa shape index (κ3) is 4.57. The molecule has 0 aliphatic carbocycles. The predicted molar refractivity (Wildman–Crippen MR) is 77.6 cm³/mol. The van der Waals surface area contributed by atoms with Crippen molar-refractivity contribution >= 4 is 11.8 Å². The quantitative estimate of drug-likeness (QED) is 0.788. The van der Waals surface area contributed by atoms with Gasteiger partial charge in [0.1, 0.15) is 5.75 Å². The maximum absolute atomic E-state index is 12.5. The number of nitrogens with zero attached hydrogens (tertiary/aromatic N) is 1. The monoisotopic (exact) mass is 278 g/mol. The van der Waals surface area contributed by atoms with E-state index in [1.54, 1.807) is 29.2 Å². The summed E-state index contributed by atoms with van der Waals surface area (Å²) in [4.78, 5) is 25.0. The van der Waals surface area contributed by atoms with Crippen LogP contribution in [0.4, 0.5) is 0 Å². The van der Waals surface area contributed by atoms with Crippen molar-refractivity contribution in [1.82, 2.24) is 4.90 Å². The summed E-state index contributed by atoms with van der Waals surface area (Å²) in [5.41, 5.74) is 5.52. The molecule has 5 heteroatoms. The molecule has 2 N–H and O–H groups in total. The van der Waals surface area contributed by atoms with Crippen molar-refractivity contribution in [2.45, 2.75) is 26.7 Å². The number of carbonyl (C=O) groups is 2. The fourth-order valence-corrected chi connectivity index (χ4v) is 1.84. The smallest absolute Gasteiger partial charge is 0.257 e. The zero-order valence-electron chi connectivity index (χ0n) is 12.1. The van der Waals surface area contributed by atoms with Gasteiger partial charge in [0.2, 0.25) is 0 Å². The maximum atomic E-state index is 12.5. The lowest BCUT2D eigenvalue weighted by atomic mass is 10.1. The van der Waals surface area contributed by atoms with Gasteiger partial charge >= 0.3 is 0 Å². The highest BCUT2D eigenvalue weighted by Gasteiger charge is 2.18. The van der Waals surface area contributed by atoms with E-state index in [2.05, 4.69) is 6.92 Å². The summed E-state index contributed by atoms with van der Waals surface area (Å²) in [5, 5.41) is 0. The molecule has 0 aromatic heterocycles. The standard InChI is InChI=1S/C15H22N2O3/c1-3-5-10-17(4-2)15(19)12-8-6-7-9-13(12)20-11-14(16)18/h6-9H,3-5,10-11H2,1-2H3,(H2,16,18). The fourth-order valence-electron chi connectivity index (χ4n) is 1.84. The molecule has 0 fully saturated rings. The fraction of sp³-hybridized carbons (Fsp3) is 0.467. The van der Waals surface area contributed by atoms with E-state index in [1.165, 1.54) is 0 Å². The Balaban J connectivity index is 2.87. The highest BCUT2D eigenvalue weighted by molar-refractivity contribution is 5.97. The van der Waals surface area contributed by atoms with Crippen molar-refractivity contribution in [3.63, 3.8) is 0 Å². The van der Waals surface area contributed by atoms with Gasteiger partial charge in [-0.25, -0.2) is 0 Å². The number of carbonyl (C=O) groups excluding carboxylic acids is 2. The zero-order chi connectivity index (χ0) is 15.0. The van der Waals surface area contributed by atoms with Crippen LogP contribution in [0.1, 0.15) is 37.0 Å². The molecule has 110 valence electrons. The number of para-hydroxylation sites is 1. The van der Waals surface area contributed by atoms with Crippen LogP contribution in [0.5, 0.6) is 5.75 Å². The number of benzene rings is 1. The molecule has 1 aromatic rings. The lowest BCUT2D eigenvalue weighted by molar-refractivity contribution is -0.119. The van der Waals surface area contributed by atoms with E-state index in [0.29, 0.717) is 17.9 Å². The minimum atomic E-state index is -0.564. The van der Waals surface area contributed by atoms with Crippen molar-refractivity contribution in [3.8, 4) is 5.75 Å². The average Bonchev–Trinajstić information content (AvgIpc) is 2.46. The SMILES string of the molecule is CCCCN(CC)C(=O)c1ccccc1OCC(N)=O. The van der Waals surface area contributed by atoms with E-state index in [1.807, 2.05) is 6.92 Å². The molecule has 0 atom stereocenters. The van der Waals surface area contributed by atoms with Crippen LogP contribution in [0.25, 0.3) is 0 Å². The molecule has 20 heavy (non-hydrogen) atoms. The second-order valence-corrected chi connectivity index (χ2v) is 4.49. The predicted octanol–water partition coefficient (Wildman–Crippen LogP) is 1.81. The van der Waals surface area contributed by atoms with Gasteiger partial charge in [-0.15, -0.1) is 0 Å². The molecule has 0 saturated heterocycles. The molecule has 0 bridgehead atoms. The van der Waals surface area contributed by atoms with Gasteiger partial charge in [0.25, 0.3) is 11.8 Å². The van der Waals surface area contributed by atoms with Gasteiger partial charge in [0.05, 0.1) is 5.56 Å². The van der Waals surface area contributed by atoms with Gasteiger partial charge < -0.3 is 15.4 Å². The number of hydrogen-bond acceptors (Lipinski definition) is 3. The molecular weight excluding hydrogens is 256 g/mol. The summed E-state index contributed by atoms with van der Waals surface area (Å²) in [6.45, 7) is 5.16. The normalized spacial score (nSPS) is 10.1. The second-order valence-electron chi connectivity index (χ2n) is 4.49. The summed E-state index contributed by atoms with van der Waals surface area (Å²) in [7, 11) is 0. The Morgan fingerprint density at radius 1 is 1.25 bits per heavy atom. The first-order chi connectivity index (χ1) is 9.60. The third-order valence-corrected chi connectivity index (χ3v) is 2.94. The van der Waals surface area contributed by atoms with E-state index in [4.69, 9.17) is 10.5 Å². The molecule has 0 radical (unpaired) electrons. The van der Waals surface area contributed by atoms with Crippen LogP contribution in [-0.2, 0) is 4.79 Å². The summed E-state index contributed by atoms with van der Waals surface area (Å²) >= 11 is 0. The first kappa shape index (κ1) is 16.0. The van der Waals surface area contributed by atoms with E-state index < -0.39 is 5.91 Å². The van der Waals surface area contributed by atoms with Crippen LogP contribution in [0.2, 0.25) is 0 Å². The van der Waals surface area contributed by atoms with Crippen molar-refractivity contribution in [2.24, 2.45) is 5.73 Å². The van der Waals surface area contributed by atoms with Gasteiger partial charge in [-0.2, -0.15) is 0 Å². The number of primary amides is 1. The summed E-state index contributed by atoms with van der Waals surface area (Å²) in [5.74, 6) is -0.252. The Bertz CT molecular complexity index is 460. The second kappa shape index (κ2) is 8.19. The molecule has 0 heterocycles. The third-order valence-electron chi connectivity index (χ3n) is 2.94. The average molecular weight is 278 g/mol. The van der Waals surface area contributed by atoms with Crippen molar-refractivity contribution < 1.29 is 14.3 Å². The Morgan fingerprint density at radius 3 is 2.55 bits per heavy atom. The van der Waals surface area contributed by atoms with Gasteiger partial charge in [0, 0.05) is 13.1 Å². The topological polar surface area (TPSA) is 72.6 Å². The van der Waals surface area contributed by atoms with E-state index in [-0.39, 0.29) is 12.5 Å². The van der Waals surface area contributed by atoms with E-state index in [9.17, 15) is 9.59 Å². The first-order valence-electron chi connectivity index (χ1n) is 6.89. The number of hydrogen-bond donors (Lipinski definition) is 1. The molecule has 0 saturated carbocycles. The van der Waals surface area contributed by atoms with Gasteiger partial charge in [-0.3, -0.25) is 9.59 Å². The number of unbranched alkanes of at least 4 members (excludes halogenated alkanes) is 1. The Labute approximate surface area is 119 Å². The summed E-state index contributed by atoms with van der Waals surface area (Å²) < 4.78 is 5.30. The van der Waals surface area contributed by atoms with Crippen LogP contribution >= 0.6 is 0 Å². The summed E-state index contributed by atoms with van der Waals surface area (Å²) in [6.07, 6.45) is 1.99. The maximum Gasteiger partial charge on any atom is 0.257 e. The zero-order valence-corrected chi connectivity index (χ0v) is 12.1. The number of amides is 2. The molecule has 1 aromatic carbocycles. The largest absolute Gasteiger partial charge is 0.483 e. The van der Waals surface area contributed by atoms with Crippen molar-refractivity contribution in [3.05, 3.63) is 29.8 Å². The van der Waals surface area contributed by atoms with Crippen LogP contribution < -0.4 is 10.5 Å². The molecule has 0 spiro atoms. The van der Waals surface area contributed by atoms with Crippen LogP contribution in [0.15, 0.2) is 24.3 Å². The Morgan fingerprint density at radius 2 is 1.95 bits per heavy atom. The van der Waals surface area contributed by atoms with Crippen LogP contribution in [0.3, 0.4) is 0 Å². The van der Waals surface area contributed by atoms with Crippen LogP contribution in [-0.4, -0.2) is 36.4 Å². The Hall–Kier alpha value is -2.04. The lowest BCUT2D eigenvalue weighted by Crippen LogP contribution is -2.32. The minimum absolute atomic E-state index is 0.0824. The summed E-state index contributed by atoms with van der Waals surface area (Å²) in [6, 6.07) is 6.91. The molecule has 2 amide bonds. The Kier molecular flexibility index (Phi) is 6.56. The lowest BCUT2D eigenvalue weighted by Gasteiger charge is -2.21. The number of rotatable bonds is 8. The van der Waals surface area contributed by atoms with Gasteiger partial charge in [-0.05, 0) is 25.5 Å². The highest BCUT2D eigenvalue weighted by Crippen LogP contribution is 2.20. The van der Waals surface area contributed by atoms with Crippen molar-refractivity contribution in [2.75, 3.05) is 19.7 Å². The minimum Gasteiger partial charge on any atom is -0.483 e. The van der Waals surface area contributed by atoms with Crippen molar-refractivity contribution in [1.29, 1.82) is 0 Å². The molecule has 1 rings (SSSR count). The molecule has 0 unspecified atom stereocenters.